The quantitative estimate of drug-likeness (QED) is 0.378. The Hall–Kier alpha value is -4.15. The summed E-state index contributed by atoms with van der Waals surface area (Å²) in [6, 6.07) is 10.8. The smallest absolute Gasteiger partial charge is 0.255 e. The highest BCUT2D eigenvalue weighted by Gasteiger charge is 2.42. The molecule has 1 saturated carbocycles. The van der Waals surface area contributed by atoms with Crippen molar-refractivity contribution < 1.29 is 33.0 Å². The van der Waals surface area contributed by atoms with E-state index in [9.17, 15) is 23.6 Å². The molecule has 0 saturated heterocycles. The van der Waals surface area contributed by atoms with Crippen molar-refractivity contribution in [2.75, 3.05) is 19.8 Å². The number of ether oxygens (including phenoxy) is 2. The van der Waals surface area contributed by atoms with Crippen molar-refractivity contribution >= 4 is 23.6 Å². The number of hydrogen-bond acceptors (Lipinski definition) is 6. The van der Waals surface area contributed by atoms with Crippen molar-refractivity contribution in [3.63, 3.8) is 0 Å². The van der Waals surface area contributed by atoms with Gasteiger partial charge >= 0.3 is 0 Å². The van der Waals surface area contributed by atoms with Crippen LogP contribution in [0.2, 0.25) is 0 Å². The molecule has 4 rings (SSSR count). The summed E-state index contributed by atoms with van der Waals surface area (Å²) in [4.78, 5) is 53.5. The van der Waals surface area contributed by atoms with Crippen LogP contribution in [0.3, 0.4) is 0 Å². The first-order valence-corrected chi connectivity index (χ1v) is 15.0. The molecule has 0 radical (unpaired) electrons. The lowest BCUT2D eigenvalue weighted by Crippen LogP contribution is -2.62. The summed E-state index contributed by atoms with van der Waals surface area (Å²) in [7, 11) is 0. The van der Waals surface area contributed by atoms with Crippen molar-refractivity contribution in [2.24, 2.45) is 5.92 Å². The number of nitrogens with one attached hydrogen (secondary N) is 4. The van der Waals surface area contributed by atoms with E-state index in [1.54, 1.807) is 24.3 Å². The summed E-state index contributed by atoms with van der Waals surface area (Å²) in [5.74, 6) is -1.20. The van der Waals surface area contributed by atoms with Crippen LogP contribution in [0.25, 0.3) is 0 Å². The standard InChI is InChI=1S/C32H41FN4O6/c1-21(2)26-20-43-27-9-5-4-8-24(27)29(39)35-25(30(40)34-18-19-42-23-12-10-22(33)11-13-23)14-15-28(38)37-32(31(41)36-26)16-6-3-7-17-32/h4-5,8-13,21,25-26H,3,6-7,14-20H2,1-2H3,(H,34,40)(H,35,39)(H,36,41)(H,37,38)/t25-,26-/m0/s1. The number of amides is 4. The van der Waals surface area contributed by atoms with Crippen molar-refractivity contribution in [1.82, 2.24) is 21.3 Å². The molecule has 1 aliphatic heterocycles. The van der Waals surface area contributed by atoms with E-state index >= 15 is 0 Å². The van der Waals surface area contributed by atoms with Gasteiger partial charge in [-0.1, -0.05) is 45.2 Å². The zero-order chi connectivity index (χ0) is 30.8. The summed E-state index contributed by atoms with van der Waals surface area (Å²) in [6.07, 6.45) is 3.58. The van der Waals surface area contributed by atoms with Gasteiger partial charge in [0.25, 0.3) is 5.91 Å². The molecule has 232 valence electrons. The van der Waals surface area contributed by atoms with Gasteiger partial charge in [0.1, 0.15) is 42.1 Å². The maximum absolute atomic E-state index is 13.7. The second-order valence-electron chi connectivity index (χ2n) is 11.5. The third kappa shape index (κ3) is 8.68. The topological polar surface area (TPSA) is 135 Å². The van der Waals surface area contributed by atoms with Crippen molar-refractivity contribution in [3.8, 4) is 11.5 Å². The molecule has 2 aliphatic rings. The largest absolute Gasteiger partial charge is 0.492 e. The average Bonchev–Trinajstić information content (AvgIpc) is 3.00. The first-order chi connectivity index (χ1) is 20.7. The van der Waals surface area contributed by atoms with Gasteiger partial charge in [-0.3, -0.25) is 19.2 Å². The molecule has 1 aliphatic carbocycles. The maximum Gasteiger partial charge on any atom is 0.255 e. The lowest BCUT2D eigenvalue weighted by Gasteiger charge is -2.38. The van der Waals surface area contributed by atoms with Gasteiger partial charge in [0.05, 0.1) is 18.2 Å². The van der Waals surface area contributed by atoms with Crippen LogP contribution in [0, 0.1) is 11.7 Å². The van der Waals surface area contributed by atoms with Gasteiger partial charge in [-0.05, 0) is 61.6 Å². The van der Waals surface area contributed by atoms with Gasteiger partial charge in [0, 0.05) is 6.42 Å². The molecule has 11 heteroatoms. The maximum atomic E-state index is 13.7. The first kappa shape index (κ1) is 31.8. The van der Waals surface area contributed by atoms with Crippen molar-refractivity contribution in [2.45, 2.75) is 76.4 Å². The minimum Gasteiger partial charge on any atom is -0.492 e. The molecule has 0 bridgehead atoms. The number of benzene rings is 2. The van der Waals surface area contributed by atoms with E-state index in [0.29, 0.717) is 24.3 Å². The first-order valence-electron chi connectivity index (χ1n) is 15.0. The Labute approximate surface area is 251 Å². The zero-order valence-electron chi connectivity index (χ0n) is 24.7. The van der Waals surface area contributed by atoms with E-state index in [0.717, 1.165) is 19.3 Å². The minimum atomic E-state index is -1.04. The lowest BCUT2D eigenvalue weighted by molar-refractivity contribution is -0.136. The Morgan fingerprint density at radius 3 is 2.49 bits per heavy atom. The molecule has 1 fully saturated rings. The molecule has 2 aromatic rings. The summed E-state index contributed by atoms with van der Waals surface area (Å²) < 4.78 is 24.8. The Balaban J connectivity index is 1.53. The fraction of sp³-hybridized carbons (Fsp3) is 0.500. The lowest BCUT2D eigenvalue weighted by atomic mass is 9.80. The van der Waals surface area contributed by atoms with Crippen LogP contribution in [-0.4, -0.2) is 61.0 Å². The second kappa shape index (κ2) is 14.8. The van der Waals surface area contributed by atoms with Crippen LogP contribution < -0.4 is 30.7 Å². The third-order valence-electron chi connectivity index (χ3n) is 7.96. The van der Waals surface area contributed by atoms with Crippen molar-refractivity contribution in [3.05, 3.63) is 59.9 Å². The average molecular weight is 597 g/mol. The van der Waals surface area contributed by atoms with Crippen LogP contribution in [0.15, 0.2) is 48.5 Å². The van der Waals surface area contributed by atoms with Crippen LogP contribution in [0.5, 0.6) is 11.5 Å². The highest BCUT2D eigenvalue weighted by molar-refractivity contribution is 6.00. The molecule has 1 spiro atoms. The fourth-order valence-electron chi connectivity index (χ4n) is 5.34. The third-order valence-corrected chi connectivity index (χ3v) is 7.96. The van der Waals surface area contributed by atoms with Crippen LogP contribution in [0.4, 0.5) is 4.39 Å². The van der Waals surface area contributed by atoms with E-state index in [1.807, 2.05) is 13.8 Å². The number of carbonyl (C=O) groups excluding carboxylic acids is 4. The molecule has 43 heavy (non-hydrogen) atoms. The molecular formula is C32H41FN4O6. The van der Waals surface area contributed by atoms with E-state index in [2.05, 4.69) is 21.3 Å². The Kier molecular flexibility index (Phi) is 11.0. The predicted octanol–water partition coefficient (Wildman–Crippen LogP) is 3.25. The molecule has 4 amide bonds. The van der Waals surface area contributed by atoms with Gasteiger partial charge in [-0.2, -0.15) is 0 Å². The van der Waals surface area contributed by atoms with Crippen LogP contribution in [-0.2, 0) is 14.4 Å². The minimum absolute atomic E-state index is 0.0115. The Bertz CT molecular complexity index is 1280. The van der Waals surface area contributed by atoms with Crippen molar-refractivity contribution in [1.29, 1.82) is 0 Å². The molecule has 1 heterocycles. The van der Waals surface area contributed by atoms with E-state index < -0.39 is 23.4 Å². The number of para-hydroxylation sites is 1. The fourth-order valence-corrected chi connectivity index (χ4v) is 5.34. The summed E-state index contributed by atoms with van der Waals surface area (Å²) in [6.45, 7) is 4.30. The molecule has 4 N–H and O–H groups in total. The highest BCUT2D eigenvalue weighted by atomic mass is 19.1. The van der Waals surface area contributed by atoms with Crippen LogP contribution in [0.1, 0.15) is 69.2 Å². The summed E-state index contributed by atoms with van der Waals surface area (Å²) >= 11 is 0. The van der Waals surface area contributed by atoms with E-state index in [-0.39, 0.29) is 67.8 Å². The Morgan fingerprint density at radius 1 is 1.05 bits per heavy atom. The van der Waals surface area contributed by atoms with Gasteiger partial charge in [-0.25, -0.2) is 4.39 Å². The SMILES string of the molecule is CC(C)[C@@H]1COc2ccccc2C(=O)N[C@H](C(=O)NCCOc2ccc(F)cc2)CCC(=O)NC2(CCCCC2)C(=O)N1. The second-order valence-corrected chi connectivity index (χ2v) is 11.5. The normalized spacial score (nSPS) is 21.3. The predicted molar refractivity (Wildman–Crippen MR) is 158 cm³/mol. The number of halogens is 1. The summed E-state index contributed by atoms with van der Waals surface area (Å²) in [5, 5.41) is 11.6. The number of rotatable bonds is 6. The molecular weight excluding hydrogens is 555 g/mol. The van der Waals surface area contributed by atoms with E-state index in [1.165, 1.54) is 24.3 Å². The number of fused-ring (bicyclic) bond motifs is 1. The Morgan fingerprint density at radius 2 is 1.77 bits per heavy atom. The molecule has 2 aromatic carbocycles. The van der Waals surface area contributed by atoms with Gasteiger partial charge in [-0.15, -0.1) is 0 Å². The van der Waals surface area contributed by atoms with Crippen LogP contribution >= 0.6 is 0 Å². The zero-order valence-corrected chi connectivity index (χ0v) is 24.7. The summed E-state index contributed by atoms with van der Waals surface area (Å²) in [5.41, 5.74) is -0.809. The molecule has 0 unspecified atom stereocenters. The molecule has 2 atom stereocenters. The molecule has 10 nitrogen and oxygen atoms in total. The highest BCUT2D eigenvalue weighted by Crippen LogP contribution is 2.29. The number of hydrogen-bond donors (Lipinski definition) is 4. The molecule has 0 aromatic heterocycles. The van der Waals surface area contributed by atoms with Gasteiger partial charge < -0.3 is 30.7 Å². The number of carbonyl (C=O) groups is 4. The van der Waals surface area contributed by atoms with Gasteiger partial charge in [0.15, 0.2) is 0 Å². The monoisotopic (exact) mass is 596 g/mol. The van der Waals surface area contributed by atoms with Gasteiger partial charge in [0.2, 0.25) is 17.7 Å². The van der Waals surface area contributed by atoms with E-state index in [4.69, 9.17) is 9.47 Å².